The second-order valence-corrected chi connectivity index (χ2v) is 11.4. The summed E-state index contributed by atoms with van der Waals surface area (Å²) in [5.74, 6) is -0.124. The number of rotatable bonds is 7. The van der Waals surface area contributed by atoms with Crippen LogP contribution in [0.2, 0.25) is 0 Å². The number of furan rings is 1. The lowest BCUT2D eigenvalue weighted by atomic mass is 9.97. The van der Waals surface area contributed by atoms with Crippen LogP contribution in [0.25, 0.3) is 22.3 Å². The summed E-state index contributed by atoms with van der Waals surface area (Å²) in [4.78, 5) is 15.2. The smallest absolute Gasteiger partial charge is 0.255 e. The van der Waals surface area contributed by atoms with Crippen molar-refractivity contribution < 1.29 is 26.8 Å². The van der Waals surface area contributed by atoms with E-state index < -0.39 is 15.8 Å². The molecule has 0 fully saturated rings. The van der Waals surface area contributed by atoms with Crippen LogP contribution in [-0.4, -0.2) is 54.4 Å². The molecule has 1 amide bonds. The number of nitrogens with one attached hydrogen (secondary N) is 1. The fourth-order valence-corrected chi connectivity index (χ4v) is 5.32. The maximum atomic E-state index is 13.6. The number of sulfonamides is 1. The predicted octanol–water partition coefficient (Wildman–Crippen LogP) is 4.43. The van der Waals surface area contributed by atoms with Gasteiger partial charge in [0.05, 0.1) is 24.1 Å². The fourth-order valence-electron chi connectivity index (χ4n) is 4.82. The number of halogens is 1. The second kappa shape index (κ2) is 9.68. The quantitative estimate of drug-likeness (QED) is 0.375. The van der Waals surface area contributed by atoms with Gasteiger partial charge in [0.25, 0.3) is 5.91 Å². The third-order valence-corrected chi connectivity index (χ3v) is 7.99. The standard InChI is InChI=1S/C28H28FN3O5S/c1-30-28(33)25-24-21-14-20(16-31(2)19-8-6-5-7-9-19)36-27(21)22(32(3)38(4,34)35)15-23(24)37-26(25)17-10-12-18(29)13-11-17/h5-13,15,20H,14,16H2,1-4H3,(H,30,33). The Labute approximate surface area is 220 Å². The van der Waals surface area contributed by atoms with Crippen LogP contribution in [0, 0.1) is 5.82 Å². The highest BCUT2D eigenvalue weighted by Gasteiger charge is 2.35. The van der Waals surface area contributed by atoms with Crippen molar-refractivity contribution in [1.82, 2.24) is 5.32 Å². The van der Waals surface area contributed by atoms with Crippen molar-refractivity contribution in [3.05, 3.63) is 77.6 Å². The van der Waals surface area contributed by atoms with E-state index in [2.05, 4.69) is 10.2 Å². The molecule has 5 rings (SSSR count). The monoisotopic (exact) mass is 537 g/mol. The number of likely N-dealkylation sites (N-methyl/N-ethyl adjacent to an activating group) is 1. The van der Waals surface area contributed by atoms with Gasteiger partial charge >= 0.3 is 0 Å². The van der Waals surface area contributed by atoms with Crippen molar-refractivity contribution in [2.24, 2.45) is 0 Å². The normalized spacial score (nSPS) is 14.7. The molecule has 1 aliphatic heterocycles. The lowest BCUT2D eigenvalue weighted by Gasteiger charge is -2.24. The summed E-state index contributed by atoms with van der Waals surface area (Å²) < 4.78 is 52.4. The zero-order valence-corrected chi connectivity index (χ0v) is 22.3. The van der Waals surface area contributed by atoms with E-state index in [9.17, 15) is 17.6 Å². The Kier molecular flexibility index (Phi) is 6.52. The molecule has 198 valence electrons. The van der Waals surface area contributed by atoms with E-state index in [0.29, 0.717) is 52.1 Å². The molecule has 2 heterocycles. The minimum atomic E-state index is -3.63. The first-order valence-electron chi connectivity index (χ1n) is 12.1. The van der Waals surface area contributed by atoms with E-state index in [1.165, 1.54) is 38.4 Å². The number of anilines is 2. The Morgan fingerprint density at radius 3 is 2.42 bits per heavy atom. The number of nitrogens with zero attached hydrogens (tertiary/aromatic N) is 2. The second-order valence-electron chi connectivity index (χ2n) is 9.36. The van der Waals surface area contributed by atoms with Crippen LogP contribution in [0.4, 0.5) is 15.8 Å². The number of hydrogen-bond acceptors (Lipinski definition) is 6. The van der Waals surface area contributed by atoms with Gasteiger partial charge in [0.2, 0.25) is 10.0 Å². The summed E-state index contributed by atoms with van der Waals surface area (Å²) in [6.07, 6.45) is 1.23. The van der Waals surface area contributed by atoms with E-state index in [-0.39, 0.29) is 17.8 Å². The predicted molar refractivity (Wildman–Crippen MR) is 146 cm³/mol. The van der Waals surface area contributed by atoms with E-state index in [1.54, 1.807) is 6.07 Å². The van der Waals surface area contributed by atoms with Crippen molar-refractivity contribution in [2.75, 3.05) is 43.1 Å². The molecule has 0 saturated carbocycles. The number of carbonyl (C=O) groups excluding carboxylic acids is 1. The Balaban J connectivity index is 1.69. The van der Waals surface area contributed by atoms with Crippen molar-refractivity contribution >= 4 is 38.3 Å². The Bertz CT molecular complexity index is 1620. The third-order valence-electron chi connectivity index (χ3n) is 6.80. The fraction of sp³-hybridized carbons (Fsp3) is 0.250. The highest BCUT2D eigenvalue weighted by molar-refractivity contribution is 7.92. The van der Waals surface area contributed by atoms with Crippen molar-refractivity contribution in [3.8, 4) is 17.1 Å². The maximum Gasteiger partial charge on any atom is 0.255 e. The summed E-state index contributed by atoms with van der Waals surface area (Å²) in [6.45, 7) is 0.528. The van der Waals surface area contributed by atoms with E-state index in [4.69, 9.17) is 9.15 Å². The molecule has 38 heavy (non-hydrogen) atoms. The summed E-state index contributed by atoms with van der Waals surface area (Å²) in [7, 11) is 1.30. The SMILES string of the molecule is CNC(=O)c1c(-c2ccc(F)cc2)oc2cc(N(C)S(C)(=O)=O)c3c(c12)CC(CN(C)c1ccccc1)O3. The lowest BCUT2D eigenvalue weighted by Crippen LogP contribution is -2.32. The first-order valence-corrected chi connectivity index (χ1v) is 13.9. The highest BCUT2D eigenvalue weighted by Crippen LogP contribution is 2.48. The van der Waals surface area contributed by atoms with E-state index in [0.717, 1.165) is 16.2 Å². The molecule has 1 aliphatic rings. The molecule has 3 aromatic carbocycles. The van der Waals surface area contributed by atoms with Gasteiger partial charge in [-0.15, -0.1) is 0 Å². The molecule has 1 unspecified atom stereocenters. The Morgan fingerprint density at radius 1 is 1.11 bits per heavy atom. The van der Waals surface area contributed by atoms with Crippen LogP contribution in [0.5, 0.6) is 5.75 Å². The molecule has 0 saturated heterocycles. The molecule has 1 atom stereocenters. The van der Waals surface area contributed by atoms with Crippen molar-refractivity contribution in [2.45, 2.75) is 12.5 Å². The van der Waals surface area contributed by atoms with Gasteiger partial charge in [0, 0.05) is 55.8 Å². The van der Waals surface area contributed by atoms with Gasteiger partial charge in [0.1, 0.15) is 29.0 Å². The number of ether oxygens (including phenoxy) is 1. The van der Waals surface area contributed by atoms with Gasteiger partial charge in [-0.25, -0.2) is 12.8 Å². The molecule has 8 nitrogen and oxygen atoms in total. The zero-order chi connectivity index (χ0) is 27.2. The zero-order valence-electron chi connectivity index (χ0n) is 21.5. The highest BCUT2D eigenvalue weighted by atomic mass is 32.2. The minimum absolute atomic E-state index is 0.269. The van der Waals surface area contributed by atoms with Crippen molar-refractivity contribution in [1.29, 1.82) is 0 Å². The molecule has 1 aromatic heterocycles. The molecule has 0 bridgehead atoms. The van der Waals surface area contributed by atoms with Crippen LogP contribution in [0.1, 0.15) is 15.9 Å². The molecular weight excluding hydrogens is 509 g/mol. The molecule has 0 aliphatic carbocycles. The average Bonchev–Trinajstić information content (AvgIpc) is 3.49. The summed E-state index contributed by atoms with van der Waals surface area (Å²) in [5.41, 5.74) is 3.18. The van der Waals surface area contributed by atoms with Crippen LogP contribution >= 0.6 is 0 Å². The van der Waals surface area contributed by atoms with Crippen LogP contribution in [0.3, 0.4) is 0 Å². The largest absolute Gasteiger partial charge is 0.486 e. The van der Waals surface area contributed by atoms with Crippen LogP contribution in [0.15, 0.2) is 65.1 Å². The van der Waals surface area contributed by atoms with Gasteiger partial charge in [-0.1, -0.05) is 18.2 Å². The summed E-state index contributed by atoms with van der Waals surface area (Å²) in [5, 5.41) is 3.22. The van der Waals surface area contributed by atoms with Crippen molar-refractivity contribution in [3.63, 3.8) is 0 Å². The number of para-hydroxylation sites is 1. The molecule has 1 N–H and O–H groups in total. The maximum absolute atomic E-state index is 13.6. The molecule has 4 aromatic rings. The molecule has 0 spiro atoms. The first-order chi connectivity index (χ1) is 18.1. The van der Waals surface area contributed by atoms with Gasteiger partial charge in [-0.3, -0.25) is 9.10 Å². The lowest BCUT2D eigenvalue weighted by molar-refractivity contribution is 0.0964. The third kappa shape index (κ3) is 4.56. The number of amides is 1. The summed E-state index contributed by atoms with van der Waals surface area (Å²) in [6, 6.07) is 17.1. The Morgan fingerprint density at radius 2 is 1.79 bits per heavy atom. The number of benzene rings is 3. The van der Waals surface area contributed by atoms with Gasteiger partial charge in [-0.2, -0.15) is 0 Å². The van der Waals surface area contributed by atoms with Crippen LogP contribution in [-0.2, 0) is 16.4 Å². The number of hydrogen-bond donors (Lipinski definition) is 1. The first kappa shape index (κ1) is 25.6. The van der Waals surface area contributed by atoms with E-state index >= 15 is 0 Å². The number of carbonyl (C=O) groups is 1. The molecular formula is C28H28FN3O5S. The van der Waals surface area contributed by atoms with Gasteiger partial charge in [-0.05, 0) is 36.4 Å². The average molecular weight is 538 g/mol. The summed E-state index contributed by atoms with van der Waals surface area (Å²) >= 11 is 0. The molecule has 10 heteroatoms. The van der Waals surface area contributed by atoms with Gasteiger partial charge in [0.15, 0.2) is 0 Å². The van der Waals surface area contributed by atoms with Gasteiger partial charge < -0.3 is 19.4 Å². The topological polar surface area (TPSA) is 92.1 Å². The molecule has 0 radical (unpaired) electrons. The van der Waals surface area contributed by atoms with Crippen LogP contribution < -0.4 is 19.3 Å². The number of fused-ring (bicyclic) bond motifs is 3. The minimum Gasteiger partial charge on any atom is -0.486 e. The van der Waals surface area contributed by atoms with E-state index in [1.807, 2.05) is 37.4 Å². The Hall–Kier alpha value is -4.05.